The molecule has 0 heterocycles. The lowest BCUT2D eigenvalue weighted by atomic mass is 10.0. The van der Waals surface area contributed by atoms with E-state index in [-0.39, 0.29) is 16.7 Å². The number of ether oxygens (including phenoxy) is 2. The Bertz CT molecular complexity index is 917. The lowest BCUT2D eigenvalue weighted by molar-refractivity contribution is -0.287. The van der Waals surface area contributed by atoms with Gasteiger partial charge >= 0.3 is 12.7 Å². The molecule has 0 aliphatic carbocycles. The van der Waals surface area contributed by atoms with E-state index in [4.69, 9.17) is 0 Å². The van der Waals surface area contributed by atoms with Gasteiger partial charge in [0, 0.05) is 12.0 Å². The third-order valence-corrected chi connectivity index (χ3v) is 3.55. The Hall–Kier alpha value is -3.11. The Morgan fingerprint density at radius 2 is 1.40 bits per heavy atom. The second kappa shape index (κ2) is 8.72. The molecular weight excluding hydrogens is 428 g/mol. The van der Waals surface area contributed by atoms with Crippen LogP contribution >= 0.6 is 0 Å². The number of allylic oxidation sites excluding steroid dienone is 1. The summed E-state index contributed by atoms with van der Waals surface area (Å²) in [7, 11) is 0. The van der Waals surface area contributed by atoms with Crippen molar-refractivity contribution in [1.29, 1.82) is 0 Å². The van der Waals surface area contributed by atoms with E-state index in [9.17, 15) is 39.9 Å². The van der Waals surface area contributed by atoms with Crippen LogP contribution in [0.3, 0.4) is 0 Å². The number of carbonyl (C=O) groups excluding carboxylic acids is 1. The van der Waals surface area contributed by atoms with Gasteiger partial charge in [0.25, 0.3) is 5.92 Å². The molecule has 30 heavy (non-hydrogen) atoms. The van der Waals surface area contributed by atoms with Gasteiger partial charge in [-0.3, -0.25) is 4.79 Å². The van der Waals surface area contributed by atoms with Crippen molar-refractivity contribution in [2.75, 3.05) is 0 Å². The average Bonchev–Trinajstić information content (AvgIpc) is 2.60. The van der Waals surface area contributed by atoms with Crippen molar-refractivity contribution in [2.45, 2.75) is 25.1 Å². The van der Waals surface area contributed by atoms with E-state index in [1.165, 1.54) is 24.3 Å². The number of halogens is 8. The fourth-order valence-electron chi connectivity index (χ4n) is 2.38. The first-order chi connectivity index (χ1) is 13.8. The minimum Gasteiger partial charge on any atom is -0.402 e. The predicted molar refractivity (Wildman–Crippen MR) is 89.3 cm³/mol. The summed E-state index contributed by atoms with van der Waals surface area (Å²) >= 11 is 0. The molecule has 0 unspecified atom stereocenters. The normalized spacial score (nSPS) is 12.8. The van der Waals surface area contributed by atoms with E-state index in [0.29, 0.717) is 30.6 Å². The first kappa shape index (κ1) is 23.2. The molecule has 3 nitrogen and oxygen atoms in total. The van der Waals surface area contributed by atoms with Crippen LogP contribution in [-0.2, 0) is 6.42 Å². The van der Waals surface area contributed by atoms with Gasteiger partial charge in [-0.2, -0.15) is 0 Å². The van der Waals surface area contributed by atoms with Crippen molar-refractivity contribution in [1.82, 2.24) is 0 Å². The van der Waals surface area contributed by atoms with Gasteiger partial charge in [0.15, 0.2) is 11.5 Å². The summed E-state index contributed by atoms with van der Waals surface area (Å²) in [5.74, 6) is -6.15. The molecule has 0 N–H and O–H groups in total. The van der Waals surface area contributed by atoms with Crippen LogP contribution in [0.15, 0.2) is 48.5 Å². The topological polar surface area (TPSA) is 35.5 Å². The van der Waals surface area contributed by atoms with Crippen LogP contribution in [0.1, 0.15) is 21.5 Å². The number of rotatable bonds is 7. The van der Waals surface area contributed by atoms with E-state index < -0.39 is 36.6 Å². The fourth-order valence-corrected chi connectivity index (χ4v) is 2.38. The van der Waals surface area contributed by atoms with Crippen LogP contribution < -0.4 is 9.47 Å². The molecule has 2 rings (SSSR count). The standard InChI is InChI=1S/C19H12F8O3/c20-17(21,10-13-3-1-2-4-14(13)11-28)8-7-12-5-6-15(29-18(22,23)24)16(9-12)30-19(25,26)27/h1-9,11H,10H2/b8-7+. The Kier molecular flexibility index (Phi) is 6.73. The number of hydrogen-bond donors (Lipinski definition) is 0. The Balaban J connectivity index is 2.28. The molecule has 0 amide bonds. The largest absolute Gasteiger partial charge is 0.573 e. The molecule has 0 fully saturated rings. The van der Waals surface area contributed by atoms with Crippen molar-refractivity contribution in [3.63, 3.8) is 0 Å². The molecule has 11 heteroatoms. The number of alkyl halides is 8. The Morgan fingerprint density at radius 3 is 2.00 bits per heavy atom. The monoisotopic (exact) mass is 440 g/mol. The second-order valence-corrected chi connectivity index (χ2v) is 5.89. The molecule has 0 saturated heterocycles. The van der Waals surface area contributed by atoms with Crippen molar-refractivity contribution >= 4 is 12.4 Å². The van der Waals surface area contributed by atoms with Crippen molar-refractivity contribution < 1.29 is 49.4 Å². The highest BCUT2D eigenvalue weighted by Gasteiger charge is 2.36. The van der Waals surface area contributed by atoms with E-state index in [2.05, 4.69) is 9.47 Å². The van der Waals surface area contributed by atoms with Crippen LogP contribution in [-0.4, -0.2) is 24.9 Å². The maximum atomic E-state index is 14.2. The third kappa shape index (κ3) is 7.37. The first-order valence-corrected chi connectivity index (χ1v) is 8.04. The maximum Gasteiger partial charge on any atom is 0.573 e. The molecule has 0 radical (unpaired) electrons. The highest BCUT2D eigenvalue weighted by atomic mass is 19.4. The molecule has 0 saturated carbocycles. The van der Waals surface area contributed by atoms with E-state index in [1.807, 2.05) is 0 Å². The second-order valence-electron chi connectivity index (χ2n) is 5.89. The number of benzene rings is 2. The number of aldehydes is 1. The van der Waals surface area contributed by atoms with E-state index in [1.54, 1.807) is 0 Å². The molecule has 0 atom stereocenters. The molecule has 2 aromatic rings. The summed E-state index contributed by atoms with van der Waals surface area (Å²) < 4.78 is 110. The summed E-state index contributed by atoms with van der Waals surface area (Å²) in [6.07, 6.45) is -10.0. The lowest BCUT2D eigenvalue weighted by Gasteiger charge is -2.16. The summed E-state index contributed by atoms with van der Waals surface area (Å²) in [6.45, 7) is 0. The predicted octanol–water partition coefficient (Wildman–Crippen LogP) is 6.19. The number of hydrogen-bond acceptors (Lipinski definition) is 3. The average molecular weight is 440 g/mol. The summed E-state index contributed by atoms with van der Waals surface area (Å²) in [5.41, 5.74) is -0.218. The fraction of sp³-hybridized carbons (Fsp3) is 0.211. The Labute approximate surface area is 164 Å². The molecule has 0 bridgehead atoms. The van der Waals surface area contributed by atoms with Crippen LogP contribution in [0.4, 0.5) is 35.1 Å². The van der Waals surface area contributed by atoms with Crippen LogP contribution in [0, 0.1) is 0 Å². The molecule has 0 aromatic heterocycles. The summed E-state index contributed by atoms with van der Waals surface area (Å²) in [5, 5.41) is 0. The van der Waals surface area contributed by atoms with Crippen LogP contribution in [0.5, 0.6) is 11.5 Å². The molecular formula is C19H12F8O3. The highest BCUT2D eigenvalue weighted by molar-refractivity contribution is 5.77. The maximum absolute atomic E-state index is 14.2. The molecule has 2 aromatic carbocycles. The van der Waals surface area contributed by atoms with Gasteiger partial charge in [-0.1, -0.05) is 36.4 Å². The zero-order valence-corrected chi connectivity index (χ0v) is 14.7. The van der Waals surface area contributed by atoms with Gasteiger partial charge in [-0.25, -0.2) is 8.78 Å². The molecule has 0 aliphatic heterocycles. The summed E-state index contributed by atoms with van der Waals surface area (Å²) in [6, 6.07) is 7.40. The van der Waals surface area contributed by atoms with Gasteiger partial charge in [0.05, 0.1) is 0 Å². The minimum atomic E-state index is -5.34. The van der Waals surface area contributed by atoms with Crippen molar-refractivity contribution in [2.24, 2.45) is 0 Å². The van der Waals surface area contributed by atoms with Crippen LogP contribution in [0.25, 0.3) is 6.08 Å². The van der Waals surface area contributed by atoms with Crippen molar-refractivity contribution in [3.8, 4) is 11.5 Å². The quantitative estimate of drug-likeness (QED) is 0.381. The van der Waals surface area contributed by atoms with Gasteiger partial charge in [0.2, 0.25) is 0 Å². The van der Waals surface area contributed by atoms with Gasteiger partial charge in [0.1, 0.15) is 6.29 Å². The van der Waals surface area contributed by atoms with Gasteiger partial charge in [-0.05, 0) is 29.3 Å². The van der Waals surface area contributed by atoms with Crippen LogP contribution in [0.2, 0.25) is 0 Å². The zero-order valence-electron chi connectivity index (χ0n) is 14.7. The van der Waals surface area contributed by atoms with E-state index in [0.717, 1.165) is 6.07 Å². The Morgan fingerprint density at radius 1 is 0.800 bits per heavy atom. The SMILES string of the molecule is O=Cc1ccccc1CC(F)(F)/C=C/c1ccc(OC(F)(F)F)c(OC(F)(F)F)c1. The molecule has 0 spiro atoms. The number of carbonyl (C=O) groups is 1. The third-order valence-electron chi connectivity index (χ3n) is 3.55. The van der Waals surface area contributed by atoms with Gasteiger partial charge < -0.3 is 9.47 Å². The highest BCUT2D eigenvalue weighted by Crippen LogP contribution is 2.37. The first-order valence-electron chi connectivity index (χ1n) is 8.04. The lowest BCUT2D eigenvalue weighted by Crippen LogP contribution is -2.21. The van der Waals surface area contributed by atoms with E-state index >= 15 is 0 Å². The smallest absolute Gasteiger partial charge is 0.402 e. The molecule has 0 aliphatic rings. The van der Waals surface area contributed by atoms with Gasteiger partial charge in [-0.15, -0.1) is 26.3 Å². The zero-order chi connectivity index (χ0) is 22.6. The molecule has 162 valence electrons. The summed E-state index contributed by atoms with van der Waals surface area (Å²) in [4.78, 5) is 10.9. The minimum absolute atomic E-state index is 0.0390. The van der Waals surface area contributed by atoms with Crippen molar-refractivity contribution in [3.05, 3.63) is 65.2 Å².